The lowest BCUT2D eigenvalue weighted by molar-refractivity contribution is -0.121. The molecule has 2 N–H and O–H groups in total. The lowest BCUT2D eigenvalue weighted by Gasteiger charge is -2.30. The van der Waals surface area contributed by atoms with Crippen molar-refractivity contribution in [3.63, 3.8) is 0 Å². The number of anilines is 1. The minimum atomic E-state index is -0.324. The van der Waals surface area contributed by atoms with Crippen molar-refractivity contribution in [2.75, 3.05) is 11.9 Å². The number of nitrogens with zero attached hydrogens (tertiary/aromatic N) is 1. The van der Waals surface area contributed by atoms with E-state index in [-0.39, 0.29) is 30.9 Å². The lowest BCUT2D eigenvalue weighted by Crippen LogP contribution is -2.39. The molecule has 0 aliphatic carbocycles. The third kappa shape index (κ3) is 6.74. The molecule has 5 nitrogen and oxygen atoms in total. The number of amides is 3. The predicted octanol–water partition coefficient (Wildman–Crippen LogP) is 6.30. The molecule has 3 amide bonds. The number of urea groups is 1. The average molecular weight is 470 g/mol. The van der Waals surface area contributed by atoms with Crippen molar-refractivity contribution in [1.29, 1.82) is 0 Å². The van der Waals surface area contributed by atoms with Gasteiger partial charge < -0.3 is 15.5 Å². The predicted molar refractivity (Wildman–Crippen MR) is 130 cm³/mol. The highest BCUT2D eigenvalue weighted by Gasteiger charge is 2.22. The van der Waals surface area contributed by atoms with Gasteiger partial charge >= 0.3 is 6.03 Å². The molecule has 0 aliphatic heterocycles. The van der Waals surface area contributed by atoms with Crippen LogP contribution in [0.2, 0.25) is 10.0 Å². The first-order valence-electron chi connectivity index (χ1n) is 10.3. The molecule has 0 saturated heterocycles. The van der Waals surface area contributed by atoms with Gasteiger partial charge in [-0.2, -0.15) is 0 Å². The second-order valence-corrected chi connectivity index (χ2v) is 8.17. The molecular formula is C25H25Cl2N3O2. The lowest BCUT2D eigenvalue weighted by atomic mass is 10.1. The second kappa shape index (κ2) is 11.6. The Hall–Kier alpha value is -3.02. The van der Waals surface area contributed by atoms with Crippen LogP contribution in [0.25, 0.3) is 0 Å². The minimum Gasteiger partial charge on any atom is -0.352 e. The summed E-state index contributed by atoms with van der Waals surface area (Å²) < 4.78 is 0. The molecule has 1 unspecified atom stereocenters. The SMILES string of the molecule is CC(c1ccccc1)N(CCC(=O)NCc1ccccc1)C(=O)Nc1ccc(Cl)c(Cl)c1. The van der Waals surface area contributed by atoms with Crippen molar-refractivity contribution in [1.82, 2.24) is 10.2 Å². The average Bonchev–Trinajstić information content (AvgIpc) is 2.81. The first-order valence-corrected chi connectivity index (χ1v) is 11.1. The zero-order chi connectivity index (χ0) is 22.9. The summed E-state index contributed by atoms with van der Waals surface area (Å²) in [6.07, 6.45) is 0.179. The van der Waals surface area contributed by atoms with Crippen LogP contribution in [0, 0.1) is 0 Å². The van der Waals surface area contributed by atoms with Crippen LogP contribution in [-0.4, -0.2) is 23.4 Å². The van der Waals surface area contributed by atoms with Crippen LogP contribution in [0.1, 0.15) is 30.5 Å². The van der Waals surface area contributed by atoms with Gasteiger partial charge in [0.25, 0.3) is 0 Å². The molecule has 0 fully saturated rings. The molecule has 0 aliphatic rings. The van der Waals surface area contributed by atoms with Crippen LogP contribution < -0.4 is 10.6 Å². The van der Waals surface area contributed by atoms with E-state index in [2.05, 4.69) is 10.6 Å². The van der Waals surface area contributed by atoms with E-state index in [4.69, 9.17) is 23.2 Å². The van der Waals surface area contributed by atoms with Crippen LogP contribution >= 0.6 is 23.2 Å². The third-order valence-corrected chi connectivity index (χ3v) is 5.83. The molecule has 3 rings (SSSR count). The summed E-state index contributed by atoms with van der Waals surface area (Å²) >= 11 is 12.0. The highest BCUT2D eigenvalue weighted by atomic mass is 35.5. The van der Waals surface area contributed by atoms with Crippen LogP contribution in [0.5, 0.6) is 0 Å². The largest absolute Gasteiger partial charge is 0.352 e. The first kappa shape index (κ1) is 23.6. The summed E-state index contributed by atoms with van der Waals surface area (Å²) in [5.41, 5.74) is 2.53. The summed E-state index contributed by atoms with van der Waals surface area (Å²) in [5.74, 6) is -0.124. The number of carbonyl (C=O) groups excluding carboxylic acids is 2. The number of carbonyl (C=O) groups is 2. The fourth-order valence-corrected chi connectivity index (χ4v) is 3.56. The summed E-state index contributed by atoms with van der Waals surface area (Å²) in [6.45, 7) is 2.64. The van der Waals surface area contributed by atoms with E-state index in [9.17, 15) is 9.59 Å². The molecule has 0 radical (unpaired) electrons. The molecule has 0 aromatic heterocycles. The Morgan fingerprint density at radius 2 is 1.56 bits per heavy atom. The molecule has 0 spiro atoms. The van der Waals surface area contributed by atoms with Gasteiger partial charge in [-0.15, -0.1) is 0 Å². The Bertz CT molecular complexity index is 1050. The molecule has 166 valence electrons. The van der Waals surface area contributed by atoms with Crippen molar-refractivity contribution in [3.8, 4) is 0 Å². The normalized spacial score (nSPS) is 11.5. The summed E-state index contributed by atoms with van der Waals surface area (Å²) in [5, 5.41) is 6.53. The molecule has 0 heterocycles. The van der Waals surface area contributed by atoms with E-state index in [1.54, 1.807) is 23.1 Å². The molecular weight excluding hydrogens is 445 g/mol. The monoisotopic (exact) mass is 469 g/mol. The molecule has 3 aromatic rings. The molecule has 0 saturated carbocycles. The van der Waals surface area contributed by atoms with Crippen LogP contribution in [-0.2, 0) is 11.3 Å². The summed E-state index contributed by atoms with van der Waals surface area (Å²) in [6, 6.07) is 23.7. The van der Waals surface area contributed by atoms with Gasteiger partial charge in [-0.05, 0) is 36.2 Å². The maximum atomic E-state index is 13.1. The van der Waals surface area contributed by atoms with Crippen LogP contribution in [0.3, 0.4) is 0 Å². The van der Waals surface area contributed by atoms with E-state index in [0.29, 0.717) is 22.3 Å². The Labute approximate surface area is 198 Å². The van der Waals surface area contributed by atoms with E-state index in [1.807, 2.05) is 67.6 Å². The maximum Gasteiger partial charge on any atom is 0.322 e. The van der Waals surface area contributed by atoms with E-state index < -0.39 is 0 Å². The van der Waals surface area contributed by atoms with E-state index in [1.165, 1.54) is 0 Å². The van der Waals surface area contributed by atoms with E-state index in [0.717, 1.165) is 11.1 Å². The van der Waals surface area contributed by atoms with Gasteiger partial charge in [0.1, 0.15) is 0 Å². The fourth-order valence-electron chi connectivity index (χ4n) is 3.26. The van der Waals surface area contributed by atoms with Gasteiger partial charge in [0.15, 0.2) is 0 Å². The zero-order valence-electron chi connectivity index (χ0n) is 17.7. The van der Waals surface area contributed by atoms with Crippen molar-refractivity contribution in [2.45, 2.75) is 25.9 Å². The second-order valence-electron chi connectivity index (χ2n) is 7.35. The van der Waals surface area contributed by atoms with Crippen molar-refractivity contribution in [3.05, 3.63) is 100 Å². The van der Waals surface area contributed by atoms with Crippen LogP contribution in [0.4, 0.5) is 10.5 Å². The number of hydrogen-bond donors (Lipinski definition) is 2. The number of nitrogens with one attached hydrogen (secondary N) is 2. The topological polar surface area (TPSA) is 61.4 Å². The summed E-state index contributed by atoms with van der Waals surface area (Å²) in [4.78, 5) is 27.2. The molecule has 7 heteroatoms. The van der Waals surface area contributed by atoms with Gasteiger partial charge in [-0.25, -0.2) is 4.79 Å². The Morgan fingerprint density at radius 1 is 0.906 bits per heavy atom. The molecule has 0 bridgehead atoms. The number of benzene rings is 3. The van der Waals surface area contributed by atoms with Gasteiger partial charge in [-0.3, -0.25) is 4.79 Å². The maximum absolute atomic E-state index is 13.1. The number of hydrogen-bond acceptors (Lipinski definition) is 2. The molecule has 3 aromatic carbocycles. The Morgan fingerprint density at radius 3 is 2.22 bits per heavy atom. The van der Waals surface area contributed by atoms with Gasteiger partial charge in [0.2, 0.25) is 5.91 Å². The van der Waals surface area contributed by atoms with Crippen molar-refractivity contribution in [2.24, 2.45) is 0 Å². The molecule has 32 heavy (non-hydrogen) atoms. The minimum absolute atomic E-state index is 0.124. The number of halogens is 2. The molecule has 1 atom stereocenters. The summed E-state index contributed by atoms with van der Waals surface area (Å²) in [7, 11) is 0. The fraction of sp³-hybridized carbons (Fsp3) is 0.200. The zero-order valence-corrected chi connectivity index (χ0v) is 19.2. The Balaban J connectivity index is 1.67. The van der Waals surface area contributed by atoms with Gasteiger partial charge in [-0.1, -0.05) is 83.9 Å². The van der Waals surface area contributed by atoms with Crippen LogP contribution in [0.15, 0.2) is 78.9 Å². The Kier molecular flexibility index (Phi) is 8.54. The highest BCUT2D eigenvalue weighted by Crippen LogP contribution is 2.26. The van der Waals surface area contributed by atoms with E-state index >= 15 is 0 Å². The third-order valence-electron chi connectivity index (χ3n) is 5.09. The van der Waals surface area contributed by atoms with Gasteiger partial charge in [0, 0.05) is 25.2 Å². The first-order chi connectivity index (χ1) is 15.4. The highest BCUT2D eigenvalue weighted by molar-refractivity contribution is 6.42. The smallest absolute Gasteiger partial charge is 0.322 e. The quantitative estimate of drug-likeness (QED) is 0.406. The standard InChI is InChI=1S/C25H25Cl2N3O2/c1-18(20-10-6-3-7-11-20)30(25(32)29-21-12-13-22(26)23(27)16-21)15-14-24(31)28-17-19-8-4-2-5-9-19/h2-13,16,18H,14-15,17H2,1H3,(H,28,31)(H,29,32). The van der Waals surface area contributed by atoms with Gasteiger partial charge in [0.05, 0.1) is 16.1 Å². The van der Waals surface area contributed by atoms with Crippen molar-refractivity contribution >= 4 is 40.8 Å². The van der Waals surface area contributed by atoms with Crippen molar-refractivity contribution < 1.29 is 9.59 Å². The number of rotatable bonds is 8.